The van der Waals surface area contributed by atoms with Gasteiger partial charge in [-0.15, -0.1) is 11.3 Å². The van der Waals surface area contributed by atoms with Crippen LogP contribution in [-0.4, -0.2) is 32.6 Å². The SMILES string of the molecule is CCOC(=O)C1C(=O)C=C(c2cccs2)CC1c1ccc(OC)c(OC)c1. The number of ether oxygens (including phenoxy) is 3. The number of benzene rings is 1. The van der Waals surface area contributed by atoms with Gasteiger partial charge in [0.2, 0.25) is 0 Å². The largest absolute Gasteiger partial charge is 0.493 e. The molecule has 0 saturated heterocycles. The molecule has 27 heavy (non-hydrogen) atoms. The molecule has 0 aliphatic heterocycles. The molecule has 5 nitrogen and oxygen atoms in total. The molecule has 0 saturated carbocycles. The van der Waals surface area contributed by atoms with Crippen LogP contribution in [0, 0.1) is 5.92 Å². The van der Waals surface area contributed by atoms with E-state index in [1.807, 2.05) is 29.6 Å². The minimum absolute atomic E-state index is 0.220. The molecule has 1 aromatic heterocycles. The van der Waals surface area contributed by atoms with Crippen LogP contribution in [0.5, 0.6) is 11.5 Å². The number of hydrogen-bond donors (Lipinski definition) is 0. The lowest BCUT2D eigenvalue weighted by Crippen LogP contribution is -2.33. The molecule has 0 radical (unpaired) electrons. The lowest BCUT2D eigenvalue weighted by molar-refractivity contribution is -0.151. The summed E-state index contributed by atoms with van der Waals surface area (Å²) in [5.41, 5.74) is 1.79. The Balaban J connectivity index is 2.04. The van der Waals surface area contributed by atoms with Gasteiger partial charge in [-0.2, -0.15) is 0 Å². The third-order valence-corrected chi connectivity index (χ3v) is 5.62. The summed E-state index contributed by atoms with van der Waals surface area (Å²) in [6, 6.07) is 9.45. The van der Waals surface area contributed by atoms with E-state index in [0.29, 0.717) is 17.9 Å². The van der Waals surface area contributed by atoms with Gasteiger partial charge in [0.1, 0.15) is 5.92 Å². The first kappa shape index (κ1) is 19.2. The van der Waals surface area contributed by atoms with Crippen LogP contribution in [0.15, 0.2) is 41.8 Å². The van der Waals surface area contributed by atoms with E-state index in [-0.39, 0.29) is 18.3 Å². The second-order valence-corrected chi connectivity index (χ2v) is 7.15. The Morgan fingerprint density at radius 3 is 2.59 bits per heavy atom. The maximum absolute atomic E-state index is 12.8. The Morgan fingerprint density at radius 2 is 1.96 bits per heavy atom. The lowest BCUT2D eigenvalue weighted by Gasteiger charge is -2.29. The summed E-state index contributed by atoms with van der Waals surface area (Å²) in [7, 11) is 3.13. The fraction of sp³-hybridized carbons (Fsp3) is 0.333. The van der Waals surface area contributed by atoms with Crippen LogP contribution in [0.25, 0.3) is 5.57 Å². The third kappa shape index (κ3) is 3.90. The molecule has 0 N–H and O–H groups in total. The van der Waals surface area contributed by atoms with Gasteiger partial charge in [-0.1, -0.05) is 12.1 Å². The van der Waals surface area contributed by atoms with Crippen molar-refractivity contribution in [1.82, 2.24) is 0 Å². The third-order valence-electron chi connectivity index (χ3n) is 4.68. The Bertz CT molecular complexity index is 853. The van der Waals surface area contributed by atoms with Gasteiger partial charge in [-0.25, -0.2) is 0 Å². The Kier molecular flexibility index (Phi) is 5.96. The van der Waals surface area contributed by atoms with E-state index < -0.39 is 11.9 Å². The number of rotatable bonds is 6. The van der Waals surface area contributed by atoms with Crippen LogP contribution in [0.4, 0.5) is 0 Å². The van der Waals surface area contributed by atoms with Crippen LogP contribution < -0.4 is 9.47 Å². The summed E-state index contributed by atoms with van der Waals surface area (Å²) in [6.07, 6.45) is 2.16. The summed E-state index contributed by atoms with van der Waals surface area (Å²) < 4.78 is 15.9. The lowest BCUT2D eigenvalue weighted by atomic mass is 9.74. The summed E-state index contributed by atoms with van der Waals surface area (Å²) in [5.74, 6) is -0.709. The highest BCUT2D eigenvalue weighted by Crippen LogP contribution is 2.43. The van der Waals surface area contributed by atoms with Gasteiger partial charge < -0.3 is 14.2 Å². The molecule has 1 heterocycles. The fourth-order valence-corrected chi connectivity index (χ4v) is 4.17. The van der Waals surface area contributed by atoms with E-state index in [4.69, 9.17) is 14.2 Å². The van der Waals surface area contributed by atoms with Crippen molar-refractivity contribution in [2.45, 2.75) is 19.3 Å². The number of allylic oxidation sites excluding steroid dienone is 2. The molecular weight excluding hydrogens is 364 g/mol. The van der Waals surface area contributed by atoms with Gasteiger partial charge in [0.25, 0.3) is 0 Å². The molecule has 3 rings (SSSR count). The van der Waals surface area contributed by atoms with Crippen LogP contribution in [-0.2, 0) is 14.3 Å². The molecule has 0 spiro atoms. The number of hydrogen-bond acceptors (Lipinski definition) is 6. The average Bonchev–Trinajstić information content (AvgIpc) is 3.21. The maximum Gasteiger partial charge on any atom is 0.317 e. The molecule has 0 bridgehead atoms. The number of methoxy groups -OCH3 is 2. The van der Waals surface area contributed by atoms with Crippen molar-refractivity contribution in [3.05, 3.63) is 52.2 Å². The smallest absolute Gasteiger partial charge is 0.317 e. The average molecular weight is 386 g/mol. The molecule has 1 aromatic carbocycles. The maximum atomic E-state index is 12.8. The minimum atomic E-state index is -0.855. The van der Waals surface area contributed by atoms with Gasteiger partial charge in [-0.05, 0) is 54.1 Å². The quantitative estimate of drug-likeness (QED) is 0.553. The second-order valence-electron chi connectivity index (χ2n) is 6.20. The van der Waals surface area contributed by atoms with Gasteiger partial charge >= 0.3 is 5.97 Å². The first-order valence-electron chi connectivity index (χ1n) is 8.75. The molecular formula is C21H22O5S. The topological polar surface area (TPSA) is 61.8 Å². The van der Waals surface area contributed by atoms with Crippen LogP contribution in [0.2, 0.25) is 0 Å². The number of ketones is 1. The Morgan fingerprint density at radius 1 is 1.19 bits per heavy atom. The van der Waals surface area contributed by atoms with Crippen molar-refractivity contribution in [1.29, 1.82) is 0 Å². The Hall–Kier alpha value is -2.60. The van der Waals surface area contributed by atoms with E-state index in [0.717, 1.165) is 16.0 Å². The second kappa shape index (κ2) is 8.39. The van der Waals surface area contributed by atoms with Crippen molar-refractivity contribution in [3.8, 4) is 11.5 Å². The van der Waals surface area contributed by atoms with E-state index in [9.17, 15) is 9.59 Å². The number of esters is 1. The summed E-state index contributed by atoms with van der Waals surface area (Å²) in [5, 5.41) is 1.98. The zero-order valence-electron chi connectivity index (χ0n) is 15.6. The highest BCUT2D eigenvalue weighted by molar-refractivity contribution is 7.11. The summed E-state index contributed by atoms with van der Waals surface area (Å²) in [4.78, 5) is 26.4. The van der Waals surface area contributed by atoms with Gasteiger partial charge in [0.05, 0.1) is 20.8 Å². The molecule has 1 aliphatic rings. The van der Waals surface area contributed by atoms with E-state index in [1.165, 1.54) is 0 Å². The molecule has 1 aliphatic carbocycles. The fourth-order valence-electron chi connectivity index (χ4n) is 3.41. The molecule has 2 atom stereocenters. The molecule has 2 unspecified atom stereocenters. The van der Waals surface area contributed by atoms with Gasteiger partial charge in [0.15, 0.2) is 17.3 Å². The van der Waals surface area contributed by atoms with Crippen molar-refractivity contribution >= 4 is 28.7 Å². The van der Waals surface area contributed by atoms with Gasteiger partial charge in [0, 0.05) is 10.8 Å². The molecule has 142 valence electrons. The first-order chi connectivity index (χ1) is 13.1. The molecule has 0 fully saturated rings. The van der Waals surface area contributed by atoms with Crippen LogP contribution in [0.1, 0.15) is 29.7 Å². The van der Waals surface area contributed by atoms with Crippen molar-refractivity contribution in [2.24, 2.45) is 5.92 Å². The van der Waals surface area contributed by atoms with Gasteiger partial charge in [-0.3, -0.25) is 9.59 Å². The van der Waals surface area contributed by atoms with Crippen LogP contribution in [0.3, 0.4) is 0 Å². The number of thiophene rings is 1. The first-order valence-corrected chi connectivity index (χ1v) is 9.63. The monoisotopic (exact) mass is 386 g/mol. The van der Waals surface area contributed by atoms with Crippen LogP contribution >= 0.6 is 11.3 Å². The Labute approximate surface area is 162 Å². The predicted octanol–water partition coefficient (Wildman–Crippen LogP) is 4.08. The molecule has 2 aromatic rings. The predicted molar refractivity (Wildman–Crippen MR) is 104 cm³/mol. The zero-order chi connectivity index (χ0) is 19.4. The zero-order valence-corrected chi connectivity index (χ0v) is 16.4. The van der Waals surface area contributed by atoms with E-state index in [1.54, 1.807) is 44.6 Å². The van der Waals surface area contributed by atoms with E-state index >= 15 is 0 Å². The van der Waals surface area contributed by atoms with E-state index in [2.05, 4.69) is 0 Å². The normalized spacial score (nSPS) is 19.4. The summed E-state index contributed by atoms with van der Waals surface area (Å²) in [6.45, 7) is 1.98. The highest BCUT2D eigenvalue weighted by atomic mass is 32.1. The van der Waals surface area contributed by atoms with Crippen molar-refractivity contribution in [2.75, 3.05) is 20.8 Å². The highest BCUT2D eigenvalue weighted by Gasteiger charge is 2.40. The summed E-state index contributed by atoms with van der Waals surface area (Å²) >= 11 is 1.58. The minimum Gasteiger partial charge on any atom is -0.493 e. The number of carbonyl (C=O) groups excluding carboxylic acids is 2. The molecule has 6 heteroatoms. The van der Waals surface area contributed by atoms with Crippen molar-refractivity contribution in [3.63, 3.8) is 0 Å². The number of carbonyl (C=O) groups is 2. The molecule has 0 amide bonds. The van der Waals surface area contributed by atoms with Crippen molar-refractivity contribution < 1.29 is 23.8 Å². The standard InChI is InChI=1S/C21H22O5S/c1-4-26-21(23)20-15(13-7-8-17(24-2)18(12-13)25-3)10-14(11-16(20)22)19-6-5-9-27-19/h5-9,11-12,15,20H,4,10H2,1-3H3.